The van der Waals surface area contributed by atoms with Crippen molar-refractivity contribution in [1.29, 1.82) is 0 Å². The molecule has 5 heteroatoms. The highest BCUT2D eigenvalue weighted by atomic mass is 16.5. The Morgan fingerprint density at radius 1 is 1.22 bits per heavy atom. The van der Waals surface area contributed by atoms with Crippen molar-refractivity contribution in [2.45, 2.75) is 51.2 Å². The first-order valence-corrected chi connectivity index (χ1v) is 8.33. The summed E-state index contributed by atoms with van der Waals surface area (Å²) in [5.74, 6) is -0.852. The molecule has 5 nitrogen and oxygen atoms in total. The number of aliphatic hydroxyl groups excluding tert-OH is 1. The van der Waals surface area contributed by atoms with Crippen molar-refractivity contribution in [2.24, 2.45) is 5.92 Å². The van der Waals surface area contributed by atoms with Gasteiger partial charge in [0.2, 0.25) is 5.91 Å². The molecule has 2 atom stereocenters. The summed E-state index contributed by atoms with van der Waals surface area (Å²) in [5.41, 5.74) is 0.578. The zero-order chi connectivity index (χ0) is 16.7. The van der Waals surface area contributed by atoms with Gasteiger partial charge in [-0.1, -0.05) is 49.6 Å². The summed E-state index contributed by atoms with van der Waals surface area (Å²) in [5, 5.41) is 13.2. The van der Waals surface area contributed by atoms with Crippen LogP contribution in [-0.4, -0.2) is 29.6 Å². The van der Waals surface area contributed by atoms with E-state index in [4.69, 9.17) is 4.74 Å². The standard InChI is InChI=1S/C18H25NO4/c1-2-23-18(22)15(16(20)13-9-5-3-6-10-13)19-17(21)14-11-7-4-8-12-14/h3,5-6,9-10,14-16,20H,2,4,7-8,11-12H2,1H3,(H,19,21). The van der Waals surface area contributed by atoms with Gasteiger partial charge in [-0.3, -0.25) is 4.79 Å². The van der Waals surface area contributed by atoms with Crippen LogP contribution in [0.3, 0.4) is 0 Å². The Morgan fingerprint density at radius 2 is 1.87 bits per heavy atom. The van der Waals surface area contributed by atoms with Crippen LogP contribution in [0.15, 0.2) is 30.3 Å². The molecule has 0 heterocycles. The number of rotatable bonds is 6. The fourth-order valence-electron chi connectivity index (χ4n) is 2.98. The largest absolute Gasteiger partial charge is 0.464 e. The smallest absolute Gasteiger partial charge is 0.331 e. The Balaban J connectivity index is 2.10. The quantitative estimate of drug-likeness (QED) is 0.789. The zero-order valence-corrected chi connectivity index (χ0v) is 13.5. The van der Waals surface area contributed by atoms with Gasteiger partial charge >= 0.3 is 5.97 Å². The summed E-state index contributed by atoms with van der Waals surface area (Å²) in [7, 11) is 0. The summed E-state index contributed by atoms with van der Waals surface area (Å²) in [6, 6.07) is 7.77. The van der Waals surface area contributed by atoms with Crippen LogP contribution in [0.25, 0.3) is 0 Å². The van der Waals surface area contributed by atoms with E-state index in [1.807, 2.05) is 6.07 Å². The number of ether oxygens (including phenoxy) is 1. The average molecular weight is 319 g/mol. The number of benzene rings is 1. The first-order valence-electron chi connectivity index (χ1n) is 8.33. The maximum atomic E-state index is 12.4. The number of aliphatic hydroxyl groups is 1. The second kappa shape index (κ2) is 8.67. The second-order valence-electron chi connectivity index (χ2n) is 5.93. The van der Waals surface area contributed by atoms with Crippen LogP contribution in [-0.2, 0) is 14.3 Å². The molecule has 1 amide bonds. The predicted molar refractivity (Wildman–Crippen MR) is 86.5 cm³/mol. The van der Waals surface area contributed by atoms with Gasteiger partial charge in [-0.15, -0.1) is 0 Å². The maximum absolute atomic E-state index is 12.4. The molecule has 1 fully saturated rings. The van der Waals surface area contributed by atoms with Gasteiger partial charge in [0.25, 0.3) is 0 Å². The van der Waals surface area contributed by atoms with Crippen molar-refractivity contribution in [2.75, 3.05) is 6.61 Å². The van der Waals surface area contributed by atoms with Crippen LogP contribution in [0, 0.1) is 5.92 Å². The van der Waals surface area contributed by atoms with E-state index in [-0.39, 0.29) is 18.4 Å². The van der Waals surface area contributed by atoms with E-state index in [1.54, 1.807) is 31.2 Å². The molecule has 1 aromatic rings. The highest BCUT2D eigenvalue weighted by molar-refractivity contribution is 5.86. The number of carbonyl (C=O) groups excluding carboxylic acids is 2. The lowest BCUT2D eigenvalue weighted by molar-refractivity contribution is -0.151. The van der Waals surface area contributed by atoms with Crippen LogP contribution in [0.4, 0.5) is 0 Å². The maximum Gasteiger partial charge on any atom is 0.331 e. The Labute approximate surface area is 137 Å². The third-order valence-corrected chi connectivity index (χ3v) is 4.27. The molecule has 126 valence electrons. The second-order valence-corrected chi connectivity index (χ2v) is 5.93. The molecule has 1 saturated carbocycles. The fraction of sp³-hybridized carbons (Fsp3) is 0.556. The number of hydrogen-bond acceptors (Lipinski definition) is 4. The van der Waals surface area contributed by atoms with Crippen molar-refractivity contribution in [3.63, 3.8) is 0 Å². The monoisotopic (exact) mass is 319 g/mol. The van der Waals surface area contributed by atoms with Crippen LogP contribution in [0.1, 0.15) is 50.7 Å². The van der Waals surface area contributed by atoms with Gasteiger partial charge in [0.05, 0.1) is 6.61 Å². The highest BCUT2D eigenvalue weighted by Crippen LogP contribution is 2.25. The molecule has 0 radical (unpaired) electrons. The van der Waals surface area contributed by atoms with Crippen LogP contribution in [0.5, 0.6) is 0 Å². The Kier molecular flexibility index (Phi) is 6.59. The number of amides is 1. The molecule has 0 aliphatic heterocycles. The van der Waals surface area contributed by atoms with Crippen molar-refractivity contribution in [3.8, 4) is 0 Å². The van der Waals surface area contributed by atoms with Gasteiger partial charge in [-0.05, 0) is 25.3 Å². The van der Waals surface area contributed by atoms with E-state index >= 15 is 0 Å². The molecule has 2 N–H and O–H groups in total. The fourth-order valence-corrected chi connectivity index (χ4v) is 2.98. The van der Waals surface area contributed by atoms with E-state index in [2.05, 4.69) is 5.32 Å². The molecule has 1 aromatic carbocycles. The first kappa shape index (κ1) is 17.5. The molecule has 0 bridgehead atoms. The van der Waals surface area contributed by atoms with Gasteiger partial charge in [0, 0.05) is 5.92 Å². The summed E-state index contributed by atoms with van der Waals surface area (Å²) in [6.07, 6.45) is 3.76. The summed E-state index contributed by atoms with van der Waals surface area (Å²) >= 11 is 0. The lowest BCUT2D eigenvalue weighted by atomic mass is 9.88. The van der Waals surface area contributed by atoms with Crippen molar-refractivity contribution < 1.29 is 19.4 Å². The topological polar surface area (TPSA) is 75.6 Å². The Bertz CT molecular complexity index is 511. The molecule has 1 aliphatic rings. The minimum Gasteiger partial charge on any atom is -0.464 e. The third kappa shape index (κ3) is 4.79. The van der Waals surface area contributed by atoms with Crippen molar-refractivity contribution in [3.05, 3.63) is 35.9 Å². The van der Waals surface area contributed by atoms with E-state index in [0.29, 0.717) is 5.56 Å². The molecular formula is C18H25NO4. The first-order chi connectivity index (χ1) is 11.1. The zero-order valence-electron chi connectivity index (χ0n) is 13.5. The van der Waals surface area contributed by atoms with Crippen molar-refractivity contribution in [1.82, 2.24) is 5.32 Å². The summed E-state index contributed by atoms with van der Waals surface area (Å²) < 4.78 is 5.02. The lowest BCUT2D eigenvalue weighted by Gasteiger charge is -2.26. The SMILES string of the molecule is CCOC(=O)C(NC(=O)C1CCCCC1)C(O)c1ccccc1. The normalized spacial score (nSPS) is 18.0. The summed E-state index contributed by atoms with van der Waals surface area (Å²) in [4.78, 5) is 24.6. The van der Waals surface area contributed by atoms with Gasteiger partial charge in [-0.2, -0.15) is 0 Å². The van der Waals surface area contributed by atoms with E-state index in [1.165, 1.54) is 0 Å². The number of carbonyl (C=O) groups is 2. The van der Waals surface area contributed by atoms with Crippen LogP contribution in [0.2, 0.25) is 0 Å². The Morgan fingerprint density at radius 3 is 2.48 bits per heavy atom. The minimum absolute atomic E-state index is 0.0800. The molecule has 0 spiro atoms. The predicted octanol–water partition coefficient (Wildman–Crippen LogP) is 2.35. The van der Waals surface area contributed by atoms with E-state index in [9.17, 15) is 14.7 Å². The molecule has 0 aromatic heterocycles. The van der Waals surface area contributed by atoms with E-state index in [0.717, 1.165) is 32.1 Å². The molecular weight excluding hydrogens is 294 g/mol. The summed E-state index contributed by atoms with van der Waals surface area (Å²) in [6.45, 7) is 1.91. The van der Waals surface area contributed by atoms with Crippen molar-refractivity contribution >= 4 is 11.9 Å². The third-order valence-electron chi connectivity index (χ3n) is 4.27. The average Bonchev–Trinajstić information content (AvgIpc) is 2.60. The van der Waals surface area contributed by atoms with Crippen LogP contribution < -0.4 is 5.32 Å². The minimum atomic E-state index is -1.12. The molecule has 2 unspecified atom stereocenters. The van der Waals surface area contributed by atoms with Gasteiger partial charge in [-0.25, -0.2) is 4.79 Å². The molecule has 0 saturated heterocycles. The number of nitrogens with one attached hydrogen (secondary N) is 1. The number of hydrogen-bond donors (Lipinski definition) is 2. The van der Waals surface area contributed by atoms with E-state index < -0.39 is 18.1 Å². The van der Waals surface area contributed by atoms with Crippen LogP contribution >= 0.6 is 0 Å². The molecule has 23 heavy (non-hydrogen) atoms. The van der Waals surface area contributed by atoms with Gasteiger partial charge in [0.1, 0.15) is 6.10 Å². The Hall–Kier alpha value is -1.88. The van der Waals surface area contributed by atoms with Gasteiger partial charge in [0.15, 0.2) is 6.04 Å². The molecule has 2 rings (SSSR count). The van der Waals surface area contributed by atoms with Gasteiger partial charge < -0.3 is 15.2 Å². The molecule has 1 aliphatic carbocycles. The number of esters is 1. The highest BCUT2D eigenvalue weighted by Gasteiger charge is 2.33. The lowest BCUT2D eigenvalue weighted by Crippen LogP contribution is -2.48.